The van der Waals surface area contributed by atoms with Gasteiger partial charge in [-0.1, -0.05) is 39.0 Å². The fourth-order valence-electron chi connectivity index (χ4n) is 2.00. The number of hydrogen-bond donors (Lipinski definition) is 2. The van der Waals surface area contributed by atoms with Gasteiger partial charge < -0.3 is 10.4 Å². The monoisotopic (exact) mass is 185 g/mol. The Morgan fingerprint density at radius 1 is 1.23 bits per heavy atom. The maximum Gasteiger partial charge on any atom is 0.0783 e. The van der Waals surface area contributed by atoms with E-state index in [1.807, 2.05) is 0 Å². The summed E-state index contributed by atoms with van der Waals surface area (Å²) in [6.07, 6.45) is 8.39. The van der Waals surface area contributed by atoms with Crippen molar-refractivity contribution in [2.24, 2.45) is 0 Å². The van der Waals surface area contributed by atoms with Gasteiger partial charge in [-0.2, -0.15) is 0 Å². The van der Waals surface area contributed by atoms with Crippen molar-refractivity contribution in [1.29, 1.82) is 0 Å². The third kappa shape index (κ3) is 4.10. The topological polar surface area (TPSA) is 32.3 Å². The molecule has 1 aliphatic rings. The van der Waals surface area contributed by atoms with Gasteiger partial charge in [0.05, 0.1) is 5.60 Å². The van der Waals surface area contributed by atoms with Crippen molar-refractivity contribution < 1.29 is 5.11 Å². The number of rotatable bonds is 6. The molecule has 0 saturated carbocycles. The van der Waals surface area contributed by atoms with Crippen molar-refractivity contribution in [2.75, 3.05) is 13.1 Å². The van der Waals surface area contributed by atoms with E-state index in [1.165, 1.54) is 32.1 Å². The summed E-state index contributed by atoms with van der Waals surface area (Å²) in [5, 5.41) is 13.2. The van der Waals surface area contributed by atoms with Crippen LogP contribution in [0.1, 0.15) is 51.9 Å². The zero-order valence-corrected chi connectivity index (χ0v) is 8.81. The highest BCUT2D eigenvalue weighted by Crippen LogP contribution is 2.21. The molecule has 0 aromatic rings. The van der Waals surface area contributed by atoms with Crippen molar-refractivity contribution in [3.8, 4) is 0 Å². The minimum Gasteiger partial charge on any atom is -0.389 e. The highest BCUT2D eigenvalue weighted by molar-refractivity contribution is 4.87. The van der Waals surface area contributed by atoms with Gasteiger partial charge in [-0.05, 0) is 19.4 Å². The lowest BCUT2D eigenvalue weighted by atomic mass is 9.95. The largest absolute Gasteiger partial charge is 0.389 e. The summed E-state index contributed by atoms with van der Waals surface area (Å²) in [7, 11) is 0. The molecule has 1 aliphatic heterocycles. The van der Waals surface area contributed by atoms with Crippen LogP contribution in [0.15, 0.2) is 0 Å². The highest BCUT2D eigenvalue weighted by atomic mass is 16.3. The molecule has 0 radical (unpaired) electrons. The van der Waals surface area contributed by atoms with E-state index in [2.05, 4.69) is 12.2 Å². The van der Waals surface area contributed by atoms with Crippen molar-refractivity contribution in [1.82, 2.24) is 5.32 Å². The van der Waals surface area contributed by atoms with Gasteiger partial charge >= 0.3 is 0 Å². The SMILES string of the molecule is CCCCCCCC1(O)CCNC1. The summed E-state index contributed by atoms with van der Waals surface area (Å²) >= 11 is 0. The molecule has 1 saturated heterocycles. The van der Waals surface area contributed by atoms with E-state index in [4.69, 9.17) is 0 Å². The fraction of sp³-hybridized carbons (Fsp3) is 1.00. The summed E-state index contributed by atoms with van der Waals surface area (Å²) < 4.78 is 0. The average molecular weight is 185 g/mol. The van der Waals surface area contributed by atoms with Gasteiger partial charge in [-0.15, -0.1) is 0 Å². The molecule has 2 nitrogen and oxygen atoms in total. The quantitative estimate of drug-likeness (QED) is 0.621. The second-order valence-corrected chi connectivity index (χ2v) is 4.32. The van der Waals surface area contributed by atoms with Crippen LogP contribution < -0.4 is 5.32 Å². The van der Waals surface area contributed by atoms with Crippen LogP contribution in [0.3, 0.4) is 0 Å². The van der Waals surface area contributed by atoms with Crippen LogP contribution in [0.4, 0.5) is 0 Å². The van der Waals surface area contributed by atoms with Gasteiger partial charge in [0, 0.05) is 6.54 Å². The normalized spacial score (nSPS) is 28.2. The lowest BCUT2D eigenvalue weighted by Crippen LogP contribution is -2.30. The van der Waals surface area contributed by atoms with Crippen LogP contribution in [-0.2, 0) is 0 Å². The predicted molar refractivity (Wildman–Crippen MR) is 55.8 cm³/mol. The third-order valence-electron chi connectivity index (χ3n) is 2.97. The molecule has 1 heterocycles. The van der Waals surface area contributed by atoms with Gasteiger partial charge in [0.15, 0.2) is 0 Å². The Hall–Kier alpha value is -0.0800. The molecular weight excluding hydrogens is 162 g/mol. The van der Waals surface area contributed by atoms with E-state index >= 15 is 0 Å². The molecule has 2 heteroatoms. The second-order valence-electron chi connectivity index (χ2n) is 4.32. The first-order chi connectivity index (χ1) is 6.27. The van der Waals surface area contributed by atoms with Gasteiger partial charge in [-0.3, -0.25) is 0 Å². The zero-order chi connectivity index (χ0) is 9.57. The average Bonchev–Trinajstić information content (AvgIpc) is 2.53. The van der Waals surface area contributed by atoms with Crippen LogP contribution in [0.5, 0.6) is 0 Å². The van der Waals surface area contributed by atoms with Gasteiger partial charge in [-0.25, -0.2) is 0 Å². The first-order valence-electron chi connectivity index (χ1n) is 5.70. The highest BCUT2D eigenvalue weighted by Gasteiger charge is 2.29. The molecule has 0 aromatic carbocycles. The van der Waals surface area contributed by atoms with E-state index in [1.54, 1.807) is 0 Å². The third-order valence-corrected chi connectivity index (χ3v) is 2.97. The number of nitrogens with one attached hydrogen (secondary N) is 1. The van der Waals surface area contributed by atoms with Crippen molar-refractivity contribution >= 4 is 0 Å². The van der Waals surface area contributed by atoms with E-state index in [-0.39, 0.29) is 5.60 Å². The van der Waals surface area contributed by atoms with Crippen LogP contribution in [0, 0.1) is 0 Å². The van der Waals surface area contributed by atoms with Crippen LogP contribution in [0.25, 0.3) is 0 Å². The second kappa shape index (κ2) is 5.61. The first-order valence-corrected chi connectivity index (χ1v) is 5.70. The summed E-state index contributed by atoms with van der Waals surface area (Å²) in [6.45, 7) is 4.03. The lowest BCUT2D eigenvalue weighted by molar-refractivity contribution is 0.0495. The molecule has 1 atom stereocenters. The smallest absolute Gasteiger partial charge is 0.0783 e. The molecule has 13 heavy (non-hydrogen) atoms. The van der Waals surface area contributed by atoms with Crippen molar-refractivity contribution in [3.05, 3.63) is 0 Å². The Bertz CT molecular complexity index is 130. The maximum absolute atomic E-state index is 9.99. The number of hydrogen-bond acceptors (Lipinski definition) is 2. The molecule has 0 aromatic heterocycles. The zero-order valence-electron chi connectivity index (χ0n) is 8.81. The van der Waals surface area contributed by atoms with E-state index < -0.39 is 0 Å². The Morgan fingerprint density at radius 2 is 2.00 bits per heavy atom. The summed E-state index contributed by atoms with van der Waals surface area (Å²) in [5.74, 6) is 0. The van der Waals surface area contributed by atoms with Crippen molar-refractivity contribution in [3.63, 3.8) is 0 Å². The maximum atomic E-state index is 9.99. The number of β-amino-alcohol motifs (C(OH)–C–C–N with tert-alkyl or cyclic N) is 1. The molecule has 0 amide bonds. The Balaban J connectivity index is 1.98. The van der Waals surface area contributed by atoms with Gasteiger partial charge in [0.25, 0.3) is 0 Å². The minimum absolute atomic E-state index is 0.369. The number of unbranched alkanes of at least 4 members (excludes halogenated alkanes) is 4. The predicted octanol–water partition coefficient (Wildman–Crippen LogP) is 2.07. The van der Waals surface area contributed by atoms with Crippen molar-refractivity contribution in [2.45, 2.75) is 57.5 Å². The fourth-order valence-corrected chi connectivity index (χ4v) is 2.00. The van der Waals surface area contributed by atoms with Gasteiger partial charge in [0.1, 0.15) is 0 Å². The molecule has 2 N–H and O–H groups in total. The Labute approximate surface area is 81.7 Å². The Morgan fingerprint density at radius 3 is 2.62 bits per heavy atom. The first kappa shape index (κ1) is 11.0. The van der Waals surface area contributed by atoms with Crippen LogP contribution in [0.2, 0.25) is 0 Å². The molecular formula is C11H23NO. The summed E-state index contributed by atoms with van der Waals surface area (Å²) in [4.78, 5) is 0. The summed E-state index contributed by atoms with van der Waals surface area (Å²) in [6, 6.07) is 0. The van der Waals surface area contributed by atoms with E-state index in [0.29, 0.717) is 0 Å². The number of aliphatic hydroxyl groups is 1. The standard InChI is InChI=1S/C11H23NO/c1-2-3-4-5-6-7-11(13)8-9-12-10-11/h12-13H,2-10H2,1H3. The molecule has 1 rings (SSSR count). The van der Waals surface area contributed by atoms with Gasteiger partial charge in [0.2, 0.25) is 0 Å². The minimum atomic E-state index is -0.369. The van der Waals surface area contributed by atoms with Crippen LogP contribution in [-0.4, -0.2) is 23.8 Å². The molecule has 1 unspecified atom stereocenters. The Kier molecular flexibility index (Phi) is 4.74. The molecule has 1 fully saturated rings. The molecule has 78 valence electrons. The van der Waals surface area contributed by atoms with E-state index in [9.17, 15) is 5.11 Å². The molecule has 0 spiro atoms. The molecule has 0 aliphatic carbocycles. The molecule has 0 bridgehead atoms. The lowest BCUT2D eigenvalue weighted by Gasteiger charge is -2.20. The van der Waals surface area contributed by atoms with E-state index in [0.717, 1.165) is 25.9 Å². The summed E-state index contributed by atoms with van der Waals surface area (Å²) in [5.41, 5.74) is -0.369. The van der Waals surface area contributed by atoms with Crippen LogP contribution >= 0.6 is 0 Å².